The summed E-state index contributed by atoms with van der Waals surface area (Å²) in [5.74, 6) is 1.53. The molecule has 1 fully saturated rings. The summed E-state index contributed by atoms with van der Waals surface area (Å²) in [6.07, 6.45) is 4.18. The average Bonchev–Trinajstić information content (AvgIpc) is 3.14. The van der Waals surface area contributed by atoms with Gasteiger partial charge in [0.1, 0.15) is 11.5 Å². The third kappa shape index (κ3) is 4.31. The van der Waals surface area contributed by atoms with Gasteiger partial charge in [0, 0.05) is 13.1 Å². The Morgan fingerprint density at radius 3 is 2.55 bits per heavy atom. The zero-order valence-electron chi connectivity index (χ0n) is 19.2. The predicted octanol–water partition coefficient (Wildman–Crippen LogP) is 6.22. The van der Waals surface area contributed by atoms with E-state index in [0.29, 0.717) is 35.1 Å². The van der Waals surface area contributed by atoms with Crippen molar-refractivity contribution in [2.45, 2.75) is 33.2 Å². The summed E-state index contributed by atoms with van der Waals surface area (Å²) in [4.78, 5) is 15.6. The molecule has 0 radical (unpaired) electrons. The minimum absolute atomic E-state index is 0.122. The molecule has 0 aliphatic carbocycles. The zero-order chi connectivity index (χ0) is 22.9. The molecule has 1 saturated heterocycles. The lowest BCUT2D eigenvalue weighted by molar-refractivity contribution is 0.101. The van der Waals surface area contributed by atoms with Crippen molar-refractivity contribution in [2.24, 2.45) is 5.92 Å². The first-order chi connectivity index (χ1) is 16.0. The van der Waals surface area contributed by atoms with Gasteiger partial charge >= 0.3 is 0 Å². The molecule has 2 heterocycles. The second kappa shape index (κ2) is 8.87. The van der Waals surface area contributed by atoms with Crippen molar-refractivity contribution in [3.05, 3.63) is 88.7 Å². The first-order valence-electron chi connectivity index (χ1n) is 11.7. The van der Waals surface area contributed by atoms with Gasteiger partial charge in [-0.3, -0.25) is 9.69 Å². The first kappa shape index (κ1) is 21.5. The maximum absolute atomic E-state index is 13.2. The number of ether oxygens (including phenoxy) is 1. The number of phenolic OH excluding ortho intramolecular Hbond substituents is 1. The van der Waals surface area contributed by atoms with Crippen molar-refractivity contribution in [3.8, 4) is 22.6 Å². The highest BCUT2D eigenvalue weighted by Gasteiger charge is 2.34. The van der Waals surface area contributed by atoms with Gasteiger partial charge in [-0.2, -0.15) is 0 Å². The fourth-order valence-corrected chi connectivity index (χ4v) is 4.94. The van der Waals surface area contributed by atoms with E-state index in [-0.39, 0.29) is 11.5 Å². The number of carbonyl (C=O) groups is 1. The molecular weight excluding hydrogens is 410 g/mol. The minimum atomic E-state index is -0.122. The van der Waals surface area contributed by atoms with Crippen LogP contribution in [0.5, 0.6) is 11.5 Å². The van der Waals surface area contributed by atoms with Gasteiger partial charge in [0.05, 0.1) is 11.1 Å². The van der Waals surface area contributed by atoms with E-state index in [1.54, 1.807) is 12.1 Å². The van der Waals surface area contributed by atoms with Crippen molar-refractivity contribution in [3.63, 3.8) is 0 Å². The number of Topliss-reactive ketones (excluding diaryl/α,β-unsaturated/α-hetero) is 1. The molecule has 0 spiro atoms. The van der Waals surface area contributed by atoms with Gasteiger partial charge < -0.3 is 9.84 Å². The number of carbonyl (C=O) groups excluding carboxylic acids is 1. The third-order valence-corrected chi connectivity index (χ3v) is 6.66. The van der Waals surface area contributed by atoms with E-state index in [2.05, 4.69) is 24.0 Å². The highest BCUT2D eigenvalue weighted by Crippen LogP contribution is 2.42. The number of likely N-dealkylation sites (tertiary alicyclic amines) is 1. The fourth-order valence-electron chi connectivity index (χ4n) is 4.94. The molecule has 1 unspecified atom stereocenters. The third-order valence-electron chi connectivity index (χ3n) is 6.66. The molecule has 4 nitrogen and oxygen atoms in total. The predicted molar refractivity (Wildman–Crippen MR) is 131 cm³/mol. The van der Waals surface area contributed by atoms with Crippen LogP contribution in [0.4, 0.5) is 0 Å². The molecule has 3 aromatic carbocycles. The normalized spacial score (nSPS) is 19.5. The second-order valence-corrected chi connectivity index (χ2v) is 9.31. The van der Waals surface area contributed by atoms with Crippen LogP contribution < -0.4 is 4.74 Å². The summed E-state index contributed by atoms with van der Waals surface area (Å²) < 4.78 is 6.12. The molecule has 0 bridgehead atoms. The second-order valence-electron chi connectivity index (χ2n) is 9.31. The van der Waals surface area contributed by atoms with Gasteiger partial charge in [-0.25, -0.2) is 0 Å². The SMILES string of the molecule is Cc1cc(O)c(CN2CCCC(C)C2)c2c1C(=O)/C(=C\c1ccc(-c3ccccc3)cc1)O2. The number of nitrogens with zero attached hydrogens (tertiary/aromatic N) is 1. The van der Waals surface area contributed by atoms with Crippen LogP contribution in [0.2, 0.25) is 0 Å². The Morgan fingerprint density at radius 1 is 1.09 bits per heavy atom. The van der Waals surface area contributed by atoms with E-state index < -0.39 is 0 Å². The van der Waals surface area contributed by atoms with Crippen LogP contribution in [-0.4, -0.2) is 28.9 Å². The number of aromatic hydroxyl groups is 1. The van der Waals surface area contributed by atoms with Crippen molar-refractivity contribution < 1.29 is 14.6 Å². The largest absolute Gasteiger partial charge is 0.507 e. The minimum Gasteiger partial charge on any atom is -0.507 e. The van der Waals surface area contributed by atoms with Gasteiger partial charge in [-0.1, -0.05) is 61.5 Å². The van der Waals surface area contributed by atoms with Crippen LogP contribution in [0.25, 0.3) is 17.2 Å². The molecule has 1 N–H and O–H groups in total. The van der Waals surface area contributed by atoms with E-state index in [4.69, 9.17) is 4.74 Å². The van der Waals surface area contributed by atoms with Crippen molar-refractivity contribution in [2.75, 3.05) is 13.1 Å². The molecule has 5 rings (SSSR count). The molecule has 0 aromatic heterocycles. The Hall–Kier alpha value is -3.37. The van der Waals surface area contributed by atoms with Gasteiger partial charge in [0.15, 0.2) is 5.76 Å². The Kier molecular flexibility index (Phi) is 5.77. The molecule has 33 heavy (non-hydrogen) atoms. The number of benzene rings is 3. The maximum Gasteiger partial charge on any atom is 0.232 e. The quantitative estimate of drug-likeness (QED) is 0.491. The van der Waals surface area contributed by atoms with Crippen LogP contribution in [0, 0.1) is 12.8 Å². The van der Waals surface area contributed by atoms with Gasteiger partial charge in [0.2, 0.25) is 5.78 Å². The molecule has 168 valence electrons. The van der Waals surface area contributed by atoms with Gasteiger partial charge in [-0.15, -0.1) is 0 Å². The average molecular weight is 440 g/mol. The summed E-state index contributed by atoms with van der Waals surface area (Å²) in [5, 5.41) is 10.7. The van der Waals surface area contributed by atoms with E-state index in [9.17, 15) is 9.90 Å². The molecule has 3 aromatic rings. The topological polar surface area (TPSA) is 49.8 Å². The summed E-state index contributed by atoms with van der Waals surface area (Å²) in [5.41, 5.74) is 5.20. The van der Waals surface area contributed by atoms with Crippen molar-refractivity contribution in [1.29, 1.82) is 0 Å². The Bertz CT molecular complexity index is 1210. The maximum atomic E-state index is 13.2. The van der Waals surface area contributed by atoms with E-state index in [0.717, 1.165) is 41.8 Å². The number of fused-ring (bicyclic) bond motifs is 1. The molecule has 0 amide bonds. The van der Waals surface area contributed by atoms with E-state index in [1.807, 2.05) is 49.4 Å². The number of phenols is 1. The van der Waals surface area contributed by atoms with Crippen LogP contribution in [0.3, 0.4) is 0 Å². The van der Waals surface area contributed by atoms with Crippen LogP contribution in [-0.2, 0) is 6.54 Å². The number of ketones is 1. The first-order valence-corrected chi connectivity index (χ1v) is 11.7. The lowest BCUT2D eigenvalue weighted by atomic mass is 9.97. The van der Waals surface area contributed by atoms with E-state index >= 15 is 0 Å². The molecule has 4 heteroatoms. The smallest absolute Gasteiger partial charge is 0.232 e. The Morgan fingerprint density at radius 2 is 1.82 bits per heavy atom. The molecule has 1 atom stereocenters. The Balaban J connectivity index is 1.43. The summed E-state index contributed by atoms with van der Waals surface area (Å²) in [6.45, 7) is 6.69. The number of rotatable bonds is 4. The molecule has 2 aliphatic heterocycles. The number of aryl methyl sites for hydroxylation is 1. The van der Waals surface area contributed by atoms with E-state index in [1.165, 1.54) is 6.42 Å². The van der Waals surface area contributed by atoms with Crippen LogP contribution in [0.15, 0.2) is 66.4 Å². The number of hydrogen-bond acceptors (Lipinski definition) is 4. The van der Waals surface area contributed by atoms with Gasteiger partial charge in [0.25, 0.3) is 0 Å². The number of hydrogen-bond donors (Lipinski definition) is 1. The number of allylic oxidation sites excluding steroid dienone is 1. The van der Waals surface area contributed by atoms with Crippen LogP contribution in [0.1, 0.15) is 46.8 Å². The fraction of sp³-hybridized carbons (Fsp3) is 0.276. The summed E-state index contributed by atoms with van der Waals surface area (Å²) in [7, 11) is 0. The van der Waals surface area contributed by atoms with Gasteiger partial charge in [-0.05, 0) is 66.6 Å². The Labute approximate surface area is 195 Å². The molecule has 2 aliphatic rings. The molecule has 0 saturated carbocycles. The van der Waals surface area contributed by atoms with Crippen molar-refractivity contribution in [1.82, 2.24) is 4.90 Å². The highest BCUT2D eigenvalue weighted by molar-refractivity contribution is 6.15. The summed E-state index contributed by atoms with van der Waals surface area (Å²) in [6, 6.07) is 20.0. The summed E-state index contributed by atoms with van der Waals surface area (Å²) >= 11 is 0. The van der Waals surface area contributed by atoms with Crippen molar-refractivity contribution >= 4 is 11.9 Å². The lowest BCUT2D eigenvalue weighted by Gasteiger charge is -2.31. The van der Waals surface area contributed by atoms with Crippen LogP contribution >= 0.6 is 0 Å². The zero-order valence-corrected chi connectivity index (χ0v) is 19.2. The highest BCUT2D eigenvalue weighted by atomic mass is 16.5. The monoisotopic (exact) mass is 439 g/mol. The number of piperidine rings is 1. The standard InChI is InChI=1S/C29H29NO3/c1-19-7-6-14-30(17-19)18-24-25(31)15-20(2)27-28(32)26(33-29(24)27)16-21-10-12-23(13-11-21)22-8-4-3-5-9-22/h3-5,8-13,15-16,19,31H,6-7,14,17-18H2,1-2H3/b26-16+. The molecular formula is C29H29NO3. The lowest BCUT2D eigenvalue weighted by Crippen LogP contribution is -2.33.